The molecule has 0 aliphatic rings. The molecule has 0 spiro atoms. The van der Waals surface area contributed by atoms with E-state index in [-0.39, 0.29) is 6.04 Å². The number of benzene rings is 2. The minimum atomic E-state index is 0.128. The van der Waals surface area contributed by atoms with Gasteiger partial charge in [0.1, 0.15) is 0 Å². The number of rotatable bonds is 3. The van der Waals surface area contributed by atoms with Crippen LogP contribution in [0, 0.1) is 6.92 Å². The molecule has 0 saturated heterocycles. The van der Waals surface area contributed by atoms with E-state index >= 15 is 0 Å². The minimum absolute atomic E-state index is 0.128. The van der Waals surface area contributed by atoms with Crippen LogP contribution < -0.4 is 5.32 Å². The average Bonchev–Trinajstić information content (AvgIpc) is 2.38. The first-order valence-corrected chi connectivity index (χ1v) is 7.87. The number of aryl methyl sites for hydroxylation is 1. The molecule has 0 fully saturated rings. The van der Waals surface area contributed by atoms with Crippen LogP contribution in [-0.4, -0.2) is 7.05 Å². The molecular weight excluding hydrogens is 389 g/mol. The Balaban J connectivity index is 2.47. The molecule has 0 saturated carbocycles. The van der Waals surface area contributed by atoms with Gasteiger partial charge in [0.05, 0.1) is 6.04 Å². The van der Waals surface area contributed by atoms with Gasteiger partial charge in [-0.05, 0) is 54.9 Å². The maximum Gasteiger partial charge on any atom is 0.0585 e. The van der Waals surface area contributed by atoms with Crippen molar-refractivity contribution in [2.24, 2.45) is 0 Å². The maximum atomic E-state index is 5.95. The topological polar surface area (TPSA) is 12.0 Å². The summed E-state index contributed by atoms with van der Waals surface area (Å²) in [5, 5.41) is 4.10. The molecule has 1 nitrogen and oxygen atoms in total. The summed E-state index contributed by atoms with van der Waals surface area (Å²) < 4.78 is 2.21. The van der Waals surface area contributed by atoms with E-state index in [9.17, 15) is 0 Å². The molecule has 0 amide bonds. The first kappa shape index (κ1) is 15.0. The third-order valence-electron chi connectivity index (χ3n) is 3.08. The van der Waals surface area contributed by atoms with Crippen molar-refractivity contribution in [1.82, 2.24) is 5.32 Å². The van der Waals surface area contributed by atoms with Crippen molar-refractivity contribution >= 4 is 43.5 Å². The van der Waals surface area contributed by atoms with Gasteiger partial charge in [-0.1, -0.05) is 55.6 Å². The van der Waals surface area contributed by atoms with Crippen LogP contribution in [-0.2, 0) is 0 Å². The van der Waals surface area contributed by atoms with E-state index in [1.54, 1.807) is 0 Å². The highest BCUT2D eigenvalue weighted by Gasteiger charge is 2.16. The smallest absolute Gasteiger partial charge is 0.0585 e. The van der Waals surface area contributed by atoms with Gasteiger partial charge in [0.2, 0.25) is 0 Å². The van der Waals surface area contributed by atoms with E-state index in [1.807, 2.05) is 31.3 Å². The number of halogens is 3. The van der Waals surface area contributed by atoms with Crippen LogP contribution in [0.4, 0.5) is 0 Å². The maximum absolute atomic E-state index is 5.95. The van der Waals surface area contributed by atoms with Gasteiger partial charge in [0.25, 0.3) is 0 Å². The summed E-state index contributed by atoms with van der Waals surface area (Å²) in [6, 6.07) is 12.3. The van der Waals surface area contributed by atoms with E-state index in [1.165, 1.54) is 16.7 Å². The fraction of sp³-hybridized carbons (Fsp3) is 0.200. The first-order chi connectivity index (χ1) is 9.02. The van der Waals surface area contributed by atoms with Gasteiger partial charge in [-0.3, -0.25) is 0 Å². The van der Waals surface area contributed by atoms with Gasteiger partial charge in [-0.15, -0.1) is 0 Å². The third kappa shape index (κ3) is 3.40. The van der Waals surface area contributed by atoms with Gasteiger partial charge in [-0.2, -0.15) is 0 Å². The van der Waals surface area contributed by atoms with Gasteiger partial charge in [-0.25, -0.2) is 0 Å². The summed E-state index contributed by atoms with van der Waals surface area (Å²) in [6.07, 6.45) is 0. The van der Waals surface area contributed by atoms with Gasteiger partial charge in [0.15, 0.2) is 0 Å². The Morgan fingerprint density at radius 3 is 2.26 bits per heavy atom. The van der Waals surface area contributed by atoms with Crippen LogP contribution in [0.15, 0.2) is 45.3 Å². The largest absolute Gasteiger partial charge is 0.309 e. The van der Waals surface area contributed by atoms with Gasteiger partial charge in [0, 0.05) is 14.0 Å². The SMILES string of the molecule is CNC(c1ccc(Cl)cc1)c1cc(Br)c(C)cc1Br. The number of hydrogen-bond acceptors (Lipinski definition) is 1. The molecule has 2 aromatic carbocycles. The van der Waals surface area contributed by atoms with E-state index in [0.717, 1.165) is 14.0 Å². The van der Waals surface area contributed by atoms with Crippen molar-refractivity contribution in [1.29, 1.82) is 0 Å². The minimum Gasteiger partial charge on any atom is -0.309 e. The number of nitrogens with one attached hydrogen (secondary N) is 1. The fourth-order valence-electron chi connectivity index (χ4n) is 2.04. The molecule has 0 bridgehead atoms. The highest BCUT2D eigenvalue weighted by atomic mass is 79.9. The third-order valence-corrected chi connectivity index (χ3v) is 4.87. The van der Waals surface area contributed by atoms with Crippen LogP contribution in [0.3, 0.4) is 0 Å². The zero-order valence-corrected chi connectivity index (χ0v) is 14.6. The molecule has 4 heteroatoms. The lowest BCUT2D eigenvalue weighted by Crippen LogP contribution is -2.18. The molecule has 2 rings (SSSR count). The number of hydrogen-bond donors (Lipinski definition) is 1. The second-order valence-corrected chi connectivity index (χ2v) is 6.54. The van der Waals surface area contributed by atoms with E-state index in [0.29, 0.717) is 0 Å². The Morgan fingerprint density at radius 2 is 1.68 bits per heavy atom. The van der Waals surface area contributed by atoms with Crippen molar-refractivity contribution < 1.29 is 0 Å². The van der Waals surface area contributed by atoms with E-state index in [2.05, 4.69) is 56.2 Å². The van der Waals surface area contributed by atoms with Gasteiger partial charge < -0.3 is 5.32 Å². The van der Waals surface area contributed by atoms with Crippen molar-refractivity contribution in [3.63, 3.8) is 0 Å². The summed E-state index contributed by atoms with van der Waals surface area (Å²) in [7, 11) is 1.96. The Labute approximate surface area is 135 Å². The highest BCUT2D eigenvalue weighted by molar-refractivity contribution is 9.11. The molecule has 1 unspecified atom stereocenters. The molecule has 2 aromatic rings. The van der Waals surface area contributed by atoms with Crippen LogP contribution in [0.1, 0.15) is 22.7 Å². The standard InChI is InChI=1S/C15H14Br2ClN/c1-9-7-14(17)12(8-13(9)16)15(19-2)10-3-5-11(18)6-4-10/h3-8,15,19H,1-2H3. The lowest BCUT2D eigenvalue weighted by atomic mass is 9.98. The monoisotopic (exact) mass is 401 g/mol. The molecule has 1 N–H and O–H groups in total. The summed E-state index contributed by atoms with van der Waals surface area (Å²) in [6.45, 7) is 2.08. The van der Waals surface area contributed by atoms with Crippen molar-refractivity contribution in [3.8, 4) is 0 Å². The average molecular weight is 404 g/mol. The Morgan fingerprint density at radius 1 is 1.05 bits per heavy atom. The zero-order valence-electron chi connectivity index (χ0n) is 10.7. The molecule has 1 atom stereocenters. The molecule has 0 aliphatic heterocycles. The Hall–Kier alpha value is -0.350. The molecular formula is C15H14Br2ClN. The molecule has 0 heterocycles. The molecule has 0 radical (unpaired) electrons. The van der Waals surface area contributed by atoms with Crippen LogP contribution in [0.2, 0.25) is 5.02 Å². The summed E-state index contributed by atoms with van der Waals surface area (Å²) in [4.78, 5) is 0. The first-order valence-electron chi connectivity index (χ1n) is 5.91. The lowest BCUT2D eigenvalue weighted by molar-refractivity contribution is 0.688. The zero-order chi connectivity index (χ0) is 14.0. The second kappa shape index (κ2) is 6.40. The predicted octanol–water partition coefficient (Wildman–Crippen LogP) is 5.48. The van der Waals surface area contributed by atoms with E-state index in [4.69, 9.17) is 11.6 Å². The predicted molar refractivity (Wildman–Crippen MR) is 88.9 cm³/mol. The fourth-order valence-corrected chi connectivity index (χ4v) is 3.21. The summed E-state index contributed by atoms with van der Waals surface area (Å²) >= 11 is 13.2. The lowest BCUT2D eigenvalue weighted by Gasteiger charge is -2.20. The van der Waals surface area contributed by atoms with Crippen molar-refractivity contribution in [2.45, 2.75) is 13.0 Å². The highest BCUT2D eigenvalue weighted by Crippen LogP contribution is 2.33. The van der Waals surface area contributed by atoms with Crippen molar-refractivity contribution in [3.05, 3.63) is 67.1 Å². The normalized spacial score (nSPS) is 12.5. The van der Waals surface area contributed by atoms with E-state index < -0.39 is 0 Å². The summed E-state index contributed by atoms with van der Waals surface area (Å²) in [5.41, 5.74) is 3.59. The van der Waals surface area contributed by atoms with Crippen LogP contribution >= 0.6 is 43.5 Å². The van der Waals surface area contributed by atoms with Gasteiger partial charge >= 0.3 is 0 Å². The molecule has 19 heavy (non-hydrogen) atoms. The summed E-state index contributed by atoms with van der Waals surface area (Å²) in [5.74, 6) is 0. The molecule has 0 aromatic heterocycles. The molecule has 100 valence electrons. The van der Waals surface area contributed by atoms with Crippen LogP contribution in [0.5, 0.6) is 0 Å². The van der Waals surface area contributed by atoms with Crippen molar-refractivity contribution in [2.75, 3.05) is 7.05 Å². The quantitative estimate of drug-likeness (QED) is 0.715. The van der Waals surface area contributed by atoms with Crippen LogP contribution in [0.25, 0.3) is 0 Å². The second-order valence-electron chi connectivity index (χ2n) is 4.40. The Bertz CT molecular complexity index is 581. The Kier molecular flexibility index (Phi) is 5.07. The molecule has 0 aliphatic carbocycles.